The predicted octanol–water partition coefficient (Wildman–Crippen LogP) is 9.51. The van der Waals surface area contributed by atoms with Crippen LogP contribution < -0.4 is 0 Å². The summed E-state index contributed by atoms with van der Waals surface area (Å²) in [6.07, 6.45) is -6.75. The Morgan fingerprint density at radius 3 is 1.48 bits per heavy atom. The van der Waals surface area contributed by atoms with E-state index in [-0.39, 0.29) is 22.8 Å². The van der Waals surface area contributed by atoms with Gasteiger partial charge >= 0.3 is 47.6 Å². The van der Waals surface area contributed by atoms with Crippen LogP contribution >= 0.6 is 11.3 Å². The van der Waals surface area contributed by atoms with Crippen molar-refractivity contribution < 1.29 is 74.6 Å². The van der Waals surface area contributed by atoms with Gasteiger partial charge in [-0.25, -0.2) is 4.98 Å². The molecule has 0 spiro atoms. The minimum atomic E-state index is -8.67. The molecule has 232 valence electrons. The van der Waals surface area contributed by atoms with E-state index in [0.717, 1.165) is 17.6 Å². The molecule has 0 saturated heterocycles. The van der Waals surface area contributed by atoms with E-state index in [1.807, 2.05) is 0 Å². The van der Waals surface area contributed by atoms with Crippen LogP contribution in [0.2, 0.25) is 0 Å². The van der Waals surface area contributed by atoms with Crippen molar-refractivity contribution in [3.63, 3.8) is 0 Å². The fourth-order valence-electron chi connectivity index (χ4n) is 3.18. The lowest BCUT2D eigenvalue weighted by Gasteiger charge is -2.42. The van der Waals surface area contributed by atoms with E-state index >= 15 is 0 Å². The molecule has 0 radical (unpaired) electrons. The predicted molar refractivity (Wildman–Crippen MR) is 113 cm³/mol. The summed E-state index contributed by atoms with van der Waals surface area (Å²) < 4.78 is 230. The Morgan fingerprint density at radius 1 is 0.548 bits per heavy atom. The number of thiazole rings is 1. The number of hydrogen-bond donors (Lipinski definition) is 0. The largest absolute Gasteiger partial charge is 0.460 e. The Bertz CT molecular complexity index is 1420. The second-order valence-corrected chi connectivity index (χ2v) is 9.41. The molecule has 0 amide bonds. The summed E-state index contributed by atoms with van der Waals surface area (Å²) in [5, 5.41) is 0.229. The lowest BCUT2D eigenvalue weighted by molar-refractivity contribution is -0.462. The van der Waals surface area contributed by atoms with Crippen molar-refractivity contribution >= 4 is 33.5 Å². The Balaban J connectivity index is 1.95. The third-order valence-electron chi connectivity index (χ3n) is 5.59. The van der Waals surface area contributed by atoms with Gasteiger partial charge in [0.25, 0.3) is 0 Å². The number of fused-ring (bicyclic) bond motifs is 1. The summed E-state index contributed by atoms with van der Waals surface area (Å²) in [7, 11) is 0. The van der Waals surface area contributed by atoms with Crippen molar-refractivity contribution in [2.75, 3.05) is 0 Å². The molecule has 0 aliphatic carbocycles. The van der Waals surface area contributed by atoms with E-state index in [0.29, 0.717) is 22.3 Å². The van der Waals surface area contributed by atoms with Crippen molar-refractivity contribution in [2.45, 2.75) is 47.6 Å². The van der Waals surface area contributed by atoms with E-state index in [1.54, 1.807) is 24.3 Å². The van der Waals surface area contributed by atoms with Crippen molar-refractivity contribution in [2.24, 2.45) is 4.99 Å². The molecule has 0 atom stereocenters. The highest BCUT2D eigenvalue weighted by Crippen LogP contribution is 2.65. The minimum absolute atomic E-state index is 0.127. The second-order valence-electron chi connectivity index (χ2n) is 8.34. The van der Waals surface area contributed by atoms with Gasteiger partial charge in [-0.2, -0.15) is 74.6 Å². The van der Waals surface area contributed by atoms with Gasteiger partial charge in [-0.1, -0.05) is 24.3 Å². The maximum Gasteiger partial charge on any atom is 0.460 e. The van der Waals surface area contributed by atoms with Gasteiger partial charge in [0.15, 0.2) is 0 Å². The van der Waals surface area contributed by atoms with Gasteiger partial charge in [0, 0.05) is 5.56 Å². The van der Waals surface area contributed by atoms with Gasteiger partial charge < -0.3 is 0 Å². The van der Waals surface area contributed by atoms with E-state index < -0.39 is 53.2 Å². The number of hydrogen-bond acceptors (Lipinski definition) is 3. The maximum atomic E-state index is 14.4. The monoisotopic (exact) mass is 656 g/mol. The number of aromatic nitrogens is 1. The van der Waals surface area contributed by atoms with Crippen LogP contribution in [0.25, 0.3) is 10.2 Å². The normalized spacial score (nSPS) is 15.2. The summed E-state index contributed by atoms with van der Waals surface area (Å²) in [5.74, 6) is -56.8. The number of halogens is 17. The van der Waals surface area contributed by atoms with Crippen LogP contribution in [0.5, 0.6) is 0 Å². The number of rotatable bonds is 9. The Kier molecular flexibility index (Phi) is 7.88. The number of alkyl halides is 17. The van der Waals surface area contributed by atoms with Crippen LogP contribution in [-0.4, -0.2) is 52.9 Å². The molecule has 3 rings (SSSR count). The highest BCUT2D eigenvalue weighted by molar-refractivity contribution is 7.20. The number of para-hydroxylation sites is 1. The molecule has 0 unspecified atom stereocenters. The van der Waals surface area contributed by atoms with E-state index in [4.69, 9.17) is 0 Å². The van der Waals surface area contributed by atoms with Crippen LogP contribution in [0.1, 0.15) is 10.6 Å². The van der Waals surface area contributed by atoms with Crippen LogP contribution in [0.15, 0.2) is 53.5 Å². The van der Waals surface area contributed by atoms with E-state index in [2.05, 4.69) is 9.98 Å². The quantitative estimate of drug-likeness (QED) is 0.167. The first-order valence-electron chi connectivity index (χ1n) is 10.5. The second kappa shape index (κ2) is 9.94. The van der Waals surface area contributed by atoms with Gasteiger partial charge in [-0.05, 0) is 24.3 Å². The van der Waals surface area contributed by atoms with Crippen molar-refractivity contribution in [3.8, 4) is 0 Å². The summed E-state index contributed by atoms with van der Waals surface area (Å²) >= 11 is 1.08. The zero-order valence-corrected chi connectivity index (χ0v) is 20.2. The SMILES string of the molecule is FC(F)(F)C(F)(F)C(F)(F)C(F)(F)C(F)(F)C(F)(F)C(F)(F)C(F)(F)c1ccc(N=Cc2nc3ccccc3s2)cc1. The molecule has 2 nitrogen and oxygen atoms in total. The third-order valence-corrected chi connectivity index (χ3v) is 6.56. The summed E-state index contributed by atoms with van der Waals surface area (Å²) in [6.45, 7) is 0. The number of nitrogens with zero attached hydrogens (tertiary/aromatic N) is 2. The molecule has 2 aromatic carbocycles. The zero-order chi connectivity index (χ0) is 32.4. The van der Waals surface area contributed by atoms with E-state index in [9.17, 15) is 74.6 Å². The highest BCUT2D eigenvalue weighted by atomic mass is 32.1. The smallest absolute Gasteiger partial charge is 0.254 e. The molecule has 42 heavy (non-hydrogen) atoms. The topological polar surface area (TPSA) is 25.2 Å². The molecule has 0 bridgehead atoms. The molecule has 0 aliphatic rings. The lowest BCUT2D eigenvalue weighted by Crippen LogP contribution is -2.74. The molecule has 3 aromatic rings. The minimum Gasteiger partial charge on any atom is -0.254 e. The molecule has 0 fully saturated rings. The average Bonchev–Trinajstić information content (AvgIpc) is 3.29. The Labute approximate surface area is 225 Å². The van der Waals surface area contributed by atoms with Gasteiger partial charge in [-0.15, -0.1) is 11.3 Å². The van der Waals surface area contributed by atoms with Crippen LogP contribution in [-0.2, 0) is 5.92 Å². The van der Waals surface area contributed by atoms with Crippen molar-refractivity contribution in [1.29, 1.82) is 0 Å². The van der Waals surface area contributed by atoms with E-state index in [1.165, 1.54) is 0 Å². The fourth-order valence-corrected chi connectivity index (χ4v) is 4.02. The van der Waals surface area contributed by atoms with Gasteiger partial charge in [0.05, 0.1) is 22.1 Å². The first-order valence-corrected chi connectivity index (χ1v) is 11.3. The maximum absolute atomic E-state index is 14.4. The lowest BCUT2D eigenvalue weighted by atomic mass is 9.87. The highest BCUT2D eigenvalue weighted by Gasteiger charge is 2.95. The summed E-state index contributed by atoms with van der Waals surface area (Å²) in [6, 6.07) is 7.17. The summed E-state index contributed by atoms with van der Waals surface area (Å²) in [5.41, 5.74) is -2.16. The van der Waals surface area contributed by atoms with Crippen molar-refractivity contribution in [1.82, 2.24) is 4.98 Å². The first kappa shape index (κ1) is 33.3. The van der Waals surface area contributed by atoms with Crippen molar-refractivity contribution in [3.05, 3.63) is 59.1 Å². The van der Waals surface area contributed by atoms with Gasteiger partial charge in [0.2, 0.25) is 0 Å². The van der Waals surface area contributed by atoms with Gasteiger partial charge in [0.1, 0.15) is 5.01 Å². The molecule has 0 saturated carbocycles. The standard InChI is InChI=1S/C22H9F17N2S/c23-15(24,10-5-7-11(8-6-10)40-9-14-41-12-3-1-2-4-13(12)42-14)16(25,26)17(27,28)18(29,30)19(31,32)20(33,34)21(35,36)22(37,38)39/h1-9H. The Morgan fingerprint density at radius 2 is 1.00 bits per heavy atom. The molecule has 0 aliphatic heterocycles. The number of aliphatic imine (C=N–C) groups is 1. The molecule has 1 aromatic heterocycles. The summed E-state index contributed by atoms with van der Waals surface area (Å²) in [4.78, 5) is 7.83. The number of benzene rings is 2. The van der Waals surface area contributed by atoms with Crippen LogP contribution in [0.3, 0.4) is 0 Å². The van der Waals surface area contributed by atoms with Crippen LogP contribution in [0, 0.1) is 0 Å². The van der Waals surface area contributed by atoms with Crippen LogP contribution in [0.4, 0.5) is 80.3 Å². The molecule has 1 heterocycles. The molecule has 0 N–H and O–H groups in total. The first-order chi connectivity index (χ1) is 18.8. The molecular formula is C22H9F17N2S. The zero-order valence-electron chi connectivity index (χ0n) is 19.4. The van der Waals surface area contributed by atoms with Gasteiger partial charge in [-0.3, -0.25) is 4.99 Å². The Hall–Kier alpha value is -3.19. The third kappa shape index (κ3) is 4.74. The fraction of sp³-hybridized carbons (Fsp3) is 0.364. The molecular weight excluding hydrogens is 647 g/mol. The average molecular weight is 656 g/mol. The molecule has 20 heteroatoms.